The highest BCUT2D eigenvalue weighted by Gasteiger charge is 2.13. The van der Waals surface area contributed by atoms with Crippen LogP contribution in [0.4, 0.5) is 20.3 Å². The molecule has 0 fully saturated rings. The molecule has 8 heteroatoms. The summed E-state index contributed by atoms with van der Waals surface area (Å²) in [5, 5.41) is 11.0. The first-order valence-electron chi connectivity index (χ1n) is 7.51. The van der Waals surface area contributed by atoms with Crippen molar-refractivity contribution in [2.75, 3.05) is 5.32 Å². The number of nitrogens with one attached hydrogen (secondary N) is 1. The first-order valence-corrected chi connectivity index (χ1v) is 7.51. The molecule has 0 saturated heterocycles. The Morgan fingerprint density at radius 3 is 2.64 bits per heavy atom. The van der Waals surface area contributed by atoms with Crippen LogP contribution in [0.25, 0.3) is 11.2 Å². The van der Waals surface area contributed by atoms with E-state index >= 15 is 0 Å². The molecule has 0 amide bonds. The summed E-state index contributed by atoms with van der Waals surface area (Å²) in [4.78, 5) is 8.30. The Kier molecular flexibility index (Phi) is 3.77. The second-order valence-corrected chi connectivity index (χ2v) is 5.38. The van der Waals surface area contributed by atoms with Gasteiger partial charge in [0.2, 0.25) is 0 Å². The third kappa shape index (κ3) is 3.01. The van der Waals surface area contributed by atoms with Crippen molar-refractivity contribution in [2.45, 2.75) is 6.54 Å². The Balaban J connectivity index is 1.69. The number of hydrogen-bond acceptors (Lipinski definition) is 5. The predicted molar refractivity (Wildman–Crippen MR) is 88.3 cm³/mol. The Hall–Kier alpha value is -3.42. The number of rotatable bonds is 4. The zero-order valence-corrected chi connectivity index (χ0v) is 12.9. The summed E-state index contributed by atoms with van der Waals surface area (Å²) in [5.74, 6) is -1.07. The van der Waals surface area contributed by atoms with Crippen LogP contribution in [0.1, 0.15) is 5.56 Å². The average molecular weight is 338 g/mol. The molecule has 0 unspecified atom stereocenters. The van der Waals surface area contributed by atoms with Crippen LogP contribution in [-0.2, 0) is 6.54 Å². The largest absolute Gasteiger partial charge is 0.336 e. The molecular weight excluding hydrogens is 326 g/mol. The Labute approximate surface area is 141 Å². The van der Waals surface area contributed by atoms with E-state index in [0.717, 1.165) is 17.7 Å². The van der Waals surface area contributed by atoms with Crippen molar-refractivity contribution in [1.29, 1.82) is 0 Å². The van der Waals surface area contributed by atoms with Crippen LogP contribution in [0.5, 0.6) is 0 Å². The maximum Gasteiger partial charge on any atom is 0.184 e. The third-order valence-corrected chi connectivity index (χ3v) is 3.66. The van der Waals surface area contributed by atoms with Crippen molar-refractivity contribution in [1.82, 2.24) is 25.0 Å². The fourth-order valence-corrected chi connectivity index (χ4v) is 2.46. The van der Waals surface area contributed by atoms with Crippen LogP contribution < -0.4 is 5.32 Å². The molecular formula is C17H12F2N6. The van der Waals surface area contributed by atoms with Crippen molar-refractivity contribution in [3.05, 3.63) is 72.1 Å². The third-order valence-electron chi connectivity index (χ3n) is 3.66. The minimum atomic E-state index is -0.719. The van der Waals surface area contributed by atoms with E-state index in [1.54, 1.807) is 4.68 Å². The summed E-state index contributed by atoms with van der Waals surface area (Å²) in [5.41, 5.74) is 2.07. The normalized spacial score (nSPS) is 11.0. The Morgan fingerprint density at radius 2 is 1.84 bits per heavy atom. The molecule has 25 heavy (non-hydrogen) atoms. The van der Waals surface area contributed by atoms with E-state index in [-0.39, 0.29) is 5.69 Å². The molecule has 0 aliphatic carbocycles. The summed E-state index contributed by atoms with van der Waals surface area (Å²) in [6.07, 6.45) is 1.34. The standard InChI is InChI=1S/C17H12F2N6/c18-12-6-7-14(13(19)8-12)22-16-15-17(21-10-20-16)25(24-23-15)9-11-4-2-1-3-5-11/h1-8,10H,9H2,(H,20,21,22). The van der Waals surface area contributed by atoms with Gasteiger partial charge >= 0.3 is 0 Å². The maximum absolute atomic E-state index is 13.8. The quantitative estimate of drug-likeness (QED) is 0.618. The molecule has 0 bridgehead atoms. The fraction of sp³-hybridized carbons (Fsp3) is 0.0588. The number of hydrogen-bond donors (Lipinski definition) is 1. The van der Waals surface area contributed by atoms with Crippen LogP contribution >= 0.6 is 0 Å². The molecule has 2 aromatic heterocycles. The molecule has 4 aromatic rings. The van der Waals surface area contributed by atoms with Gasteiger partial charge in [-0.25, -0.2) is 23.4 Å². The second-order valence-electron chi connectivity index (χ2n) is 5.38. The van der Waals surface area contributed by atoms with Gasteiger partial charge < -0.3 is 5.32 Å². The van der Waals surface area contributed by atoms with Gasteiger partial charge in [0.05, 0.1) is 12.2 Å². The summed E-state index contributed by atoms with van der Waals surface area (Å²) in [7, 11) is 0. The minimum absolute atomic E-state index is 0.0963. The second kappa shape index (κ2) is 6.23. The predicted octanol–water partition coefficient (Wildman–Crippen LogP) is 3.29. The lowest BCUT2D eigenvalue weighted by Crippen LogP contribution is -2.03. The van der Waals surface area contributed by atoms with Crippen LogP contribution in [0.3, 0.4) is 0 Å². The highest BCUT2D eigenvalue weighted by Crippen LogP contribution is 2.23. The van der Waals surface area contributed by atoms with Crippen LogP contribution in [0, 0.1) is 11.6 Å². The minimum Gasteiger partial charge on any atom is -0.336 e. The van der Waals surface area contributed by atoms with Gasteiger partial charge in [-0.3, -0.25) is 0 Å². The number of fused-ring (bicyclic) bond motifs is 1. The SMILES string of the molecule is Fc1ccc(Nc2ncnc3c2nnn3Cc2ccccc2)c(F)c1. The number of nitrogens with zero attached hydrogens (tertiary/aromatic N) is 5. The number of aromatic nitrogens is 5. The first-order chi connectivity index (χ1) is 12.2. The molecule has 2 aromatic carbocycles. The smallest absolute Gasteiger partial charge is 0.184 e. The molecule has 124 valence electrons. The molecule has 0 aliphatic heterocycles. The van der Waals surface area contributed by atoms with Gasteiger partial charge in [0.15, 0.2) is 17.0 Å². The van der Waals surface area contributed by atoms with Gasteiger partial charge in [-0.1, -0.05) is 35.5 Å². The lowest BCUT2D eigenvalue weighted by Gasteiger charge is -2.07. The van der Waals surface area contributed by atoms with Gasteiger partial charge in [0.25, 0.3) is 0 Å². The fourth-order valence-electron chi connectivity index (χ4n) is 2.46. The molecule has 6 nitrogen and oxygen atoms in total. The van der Waals surface area contributed by atoms with E-state index < -0.39 is 11.6 Å². The van der Waals surface area contributed by atoms with Gasteiger partial charge in [0, 0.05) is 6.07 Å². The van der Waals surface area contributed by atoms with Crippen molar-refractivity contribution >= 4 is 22.7 Å². The summed E-state index contributed by atoms with van der Waals surface area (Å²) < 4.78 is 28.5. The maximum atomic E-state index is 13.8. The van der Waals surface area contributed by atoms with E-state index in [1.165, 1.54) is 12.4 Å². The van der Waals surface area contributed by atoms with Crippen LogP contribution in [0.15, 0.2) is 54.9 Å². The Morgan fingerprint density at radius 1 is 1.00 bits per heavy atom. The highest BCUT2D eigenvalue weighted by molar-refractivity contribution is 5.84. The molecule has 0 radical (unpaired) electrons. The van der Waals surface area contributed by atoms with E-state index in [9.17, 15) is 8.78 Å². The van der Waals surface area contributed by atoms with Gasteiger partial charge in [-0.15, -0.1) is 5.10 Å². The van der Waals surface area contributed by atoms with E-state index in [4.69, 9.17) is 0 Å². The molecule has 0 saturated carbocycles. The molecule has 2 heterocycles. The summed E-state index contributed by atoms with van der Waals surface area (Å²) >= 11 is 0. The van der Waals surface area contributed by atoms with Gasteiger partial charge in [-0.2, -0.15) is 0 Å². The highest BCUT2D eigenvalue weighted by atomic mass is 19.1. The lowest BCUT2D eigenvalue weighted by atomic mass is 10.2. The number of halogens is 2. The lowest BCUT2D eigenvalue weighted by molar-refractivity contribution is 0.586. The van der Waals surface area contributed by atoms with Gasteiger partial charge in [0.1, 0.15) is 18.0 Å². The average Bonchev–Trinajstić information content (AvgIpc) is 3.02. The van der Waals surface area contributed by atoms with E-state index in [0.29, 0.717) is 23.5 Å². The summed E-state index contributed by atoms with van der Waals surface area (Å²) in [6.45, 7) is 0.499. The van der Waals surface area contributed by atoms with Crippen molar-refractivity contribution in [3.63, 3.8) is 0 Å². The van der Waals surface area contributed by atoms with E-state index in [1.807, 2.05) is 30.3 Å². The molecule has 1 N–H and O–H groups in total. The van der Waals surface area contributed by atoms with Crippen molar-refractivity contribution in [2.24, 2.45) is 0 Å². The monoisotopic (exact) mass is 338 g/mol. The van der Waals surface area contributed by atoms with Crippen molar-refractivity contribution < 1.29 is 8.78 Å². The molecule has 0 aliphatic rings. The number of benzene rings is 2. The molecule has 0 spiro atoms. The van der Waals surface area contributed by atoms with Crippen molar-refractivity contribution in [3.8, 4) is 0 Å². The summed E-state index contributed by atoms with van der Waals surface area (Å²) in [6, 6.07) is 13.0. The first kappa shape index (κ1) is 15.1. The molecule has 0 atom stereocenters. The number of anilines is 2. The topological polar surface area (TPSA) is 68.5 Å². The zero-order chi connectivity index (χ0) is 17.2. The Bertz CT molecular complexity index is 1030. The molecule has 4 rings (SSSR count). The van der Waals surface area contributed by atoms with Crippen LogP contribution in [-0.4, -0.2) is 25.0 Å². The van der Waals surface area contributed by atoms with E-state index in [2.05, 4.69) is 25.6 Å². The van der Waals surface area contributed by atoms with Crippen LogP contribution in [0.2, 0.25) is 0 Å². The van der Waals surface area contributed by atoms with Gasteiger partial charge in [-0.05, 0) is 17.7 Å². The zero-order valence-electron chi connectivity index (χ0n) is 12.9.